The Morgan fingerprint density at radius 3 is 2.70 bits per heavy atom. The Hall–Kier alpha value is -2.77. The lowest BCUT2D eigenvalue weighted by atomic mass is 10.1. The van der Waals surface area contributed by atoms with Crippen molar-refractivity contribution < 1.29 is 17.9 Å². The SMILES string of the molecule is CCNC(=NCc1cccc(C)c1)NCc1cccnc1OCC(F)(F)F. The lowest BCUT2D eigenvalue weighted by Crippen LogP contribution is -2.37. The van der Waals surface area contributed by atoms with Crippen LogP contribution in [0.3, 0.4) is 0 Å². The van der Waals surface area contributed by atoms with Crippen LogP contribution in [-0.2, 0) is 13.1 Å². The summed E-state index contributed by atoms with van der Waals surface area (Å²) in [5, 5.41) is 6.21. The van der Waals surface area contributed by atoms with Gasteiger partial charge in [-0.05, 0) is 25.5 Å². The highest BCUT2D eigenvalue weighted by atomic mass is 19.4. The van der Waals surface area contributed by atoms with E-state index in [0.29, 0.717) is 24.6 Å². The summed E-state index contributed by atoms with van der Waals surface area (Å²) in [6, 6.07) is 11.3. The molecule has 0 aliphatic heterocycles. The number of pyridine rings is 1. The molecule has 0 fully saturated rings. The number of benzene rings is 1. The fourth-order valence-corrected chi connectivity index (χ4v) is 2.34. The lowest BCUT2D eigenvalue weighted by Gasteiger charge is -2.14. The molecule has 1 heterocycles. The molecule has 2 rings (SSSR count). The molecule has 0 saturated carbocycles. The smallest absolute Gasteiger partial charge is 0.422 e. The standard InChI is InChI=1S/C19H23F3N4O/c1-3-23-18(25-11-15-7-4-6-14(2)10-15)26-12-16-8-5-9-24-17(16)27-13-19(20,21)22/h4-10H,3,11-13H2,1-2H3,(H2,23,25,26). The zero-order valence-electron chi connectivity index (χ0n) is 15.3. The molecule has 0 bridgehead atoms. The molecule has 0 atom stereocenters. The third-order valence-corrected chi connectivity index (χ3v) is 3.52. The lowest BCUT2D eigenvalue weighted by molar-refractivity contribution is -0.154. The van der Waals surface area contributed by atoms with Crippen LogP contribution in [0.4, 0.5) is 13.2 Å². The molecule has 2 aromatic rings. The largest absolute Gasteiger partial charge is 0.468 e. The molecule has 0 saturated heterocycles. The fourth-order valence-electron chi connectivity index (χ4n) is 2.34. The van der Waals surface area contributed by atoms with E-state index in [0.717, 1.165) is 11.1 Å². The van der Waals surface area contributed by atoms with Crippen molar-refractivity contribution in [1.82, 2.24) is 15.6 Å². The molecular formula is C19H23F3N4O. The number of guanidine groups is 1. The van der Waals surface area contributed by atoms with Gasteiger partial charge in [-0.2, -0.15) is 13.2 Å². The number of hydrogen-bond acceptors (Lipinski definition) is 3. The zero-order valence-corrected chi connectivity index (χ0v) is 15.3. The number of aryl methyl sites for hydroxylation is 1. The average molecular weight is 380 g/mol. The van der Waals surface area contributed by atoms with Gasteiger partial charge in [-0.25, -0.2) is 9.98 Å². The maximum atomic E-state index is 12.4. The number of rotatable bonds is 7. The minimum Gasteiger partial charge on any atom is -0.468 e. The Balaban J connectivity index is 2.02. The normalized spacial score (nSPS) is 12.0. The van der Waals surface area contributed by atoms with Crippen molar-refractivity contribution in [2.45, 2.75) is 33.1 Å². The predicted octanol–water partition coefficient (Wildman–Crippen LogP) is 3.59. The number of halogens is 3. The van der Waals surface area contributed by atoms with Crippen LogP contribution in [0.1, 0.15) is 23.6 Å². The van der Waals surface area contributed by atoms with Crippen molar-refractivity contribution in [3.05, 3.63) is 59.3 Å². The van der Waals surface area contributed by atoms with E-state index < -0.39 is 12.8 Å². The van der Waals surface area contributed by atoms with E-state index in [4.69, 9.17) is 4.74 Å². The van der Waals surface area contributed by atoms with E-state index >= 15 is 0 Å². The van der Waals surface area contributed by atoms with Crippen LogP contribution in [-0.4, -0.2) is 30.3 Å². The number of ether oxygens (including phenoxy) is 1. The van der Waals surface area contributed by atoms with Crippen LogP contribution >= 0.6 is 0 Å². The number of alkyl halides is 3. The number of aromatic nitrogens is 1. The van der Waals surface area contributed by atoms with Crippen LogP contribution in [0.5, 0.6) is 5.88 Å². The van der Waals surface area contributed by atoms with Crippen LogP contribution in [0.2, 0.25) is 0 Å². The summed E-state index contributed by atoms with van der Waals surface area (Å²) in [6.45, 7) is 3.96. The van der Waals surface area contributed by atoms with Gasteiger partial charge in [-0.15, -0.1) is 0 Å². The van der Waals surface area contributed by atoms with E-state index in [1.807, 2.05) is 32.0 Å². The first-order valence-electron chi connectivity index (χ1n) is 8.58. The van der Waals surface area contributed by atoms with Crippen molar-refractivity contribution >= 4 is 5.96 Å². The molecule has 8 heteroatoms. The highest BCUT2D eigenvalue weighted by molar-refractivity contribution is 5.79. The summed E-state index contributed by atoms with van der Waals surface area (Å²) in [5.41, 5.74) is 2.74. The Morgan fingerprint density at radius 2 is 2.00 bits per heavy atom. The summed E-state index contributed by atoms with van der Waals surface area (Å²) in [7, 11) is 0. The van der Waals surface area contributed by atoms with E-state index in [-0.39, 0.29) is 12.4 Å². The quantitative estimate of drug-likeness (QED) is 0.569. The van der Waals surface area contributed by atoms with Gasteiger partial charge in [0, 0.05) is 24.8 Å². The second kappa shape index (κ2) is 9.80. The first-order valence-corrected chi connectivity index (χ1v) is 8.58. The molecule has 5 nitrogen and oxygen atoms in total. The van der Waals surface area contributed by atoms with Gasteiger partial charge < -0.3 is 15.4 Å². The number of hydrogen-bond donors (Lipinski definition) is 2. The topological polar surface area (TPSA) is 58.5 Å². The van der Waals surface area contributed by atoms with E-state index in [2.05, 4.69) is 26.7 Å². The molecule has 2 N–H and O–H groups in total. The van der Waals surface area contributed by atoms with Gasteiger partial charge in [0.2, 0.25) is 5.88 Å². The van der Waals surface area contributed by atoms with Gasteiger partial charge in [0.05, 0.1) is 6.54 Å². The van der Waals surface area contributed by atoms with Gasteiger partial charge in [-0.3, -0.25) is 0 Å². The fraction of sp³-hybridized carbons (Fsp3) is 0.368. The molecule has 0 aliphatic carbocycles. The summed E-state index contributed by atoms with van der Waals surface area (Å²) in [5.74, 6) is 0.515. The maximum Gasteiger partial charge on any atom is 0.422 e. The third kappa shape index (κ3) is 7.55. The molecule has 0 amide bonds. The van der Waals surface area contributed by atoms with Crippen LogP contribution in [0.25, 0.3) is 0 Å². The molecule has 1 aromatic heterocycles. The van der Waals surface area contributed by atoms with Crippen molar-refractivity contribution in [2.75, 3.05) is 13.2 Å². The van der Waals surface area contributed by atoms with Gasteiger partial charge in [-0.1, -0.05) is 35.9 Å². The summed E-state index contributed by atoms with van der Waals surface area (Å²) < 4.78 is 41.9. The van der Waals surface area contributed by atoms with E-state index in [9.17, 15) is 13.2 Å². The van der Waals surface area contributed by atoms with Crippen LogP contribution in [0, 0.1) is 6.92 Å². The third-order valence-electron chi connectivity index (χ3n) is 3.52. The first kappa shape index (κ1) is 20.5. The Kier molecular flexibility index (Phi) is 7.45. The molecule has 27 heavy (non-hydrogen) atoms. The minimum atomic E-state index is -4.41. The first-order chi connectivity index (χ1) is 12.9. The van der Waals surface area contributed by atoms with Gasteiger partial charge in [0.25, 0.3) is 0 Å². The van der Waals surface area contributed by atoms with Crippen molar-refractivity contribution in [3.8, 4) is 5.88 Å². The minimum absolute atomic E-state index is 0.0446. The van der Waals surface area contributed by atoms with E-state index in [1.165, 1.54) is 6.20 Å². The average Bonchev–Trinajstić information content (AvgIpc) is 2.62. The number of aliphatic imine (C=N–C) groups is 1. The van der Waals surface area contributed by atoms with Gasteiger partial charge in [0.15, 0.2) is 12.6 Å². The Bertz CT molecular complexity index is 763. The molecule has 1 aromatic carbocycles. The zero-order chi connectivity index (χ0) is 19.7. The second-order valence-corrected chi connectivity index (χ2v) is 5.91. The second-order valence-electron chi connectivity index (χ2n) is 5.91. The predicted molar refractivity (Wildman–Crippen MR) is 98.6 cm³/mol. The van der Waals surface area contributed by atoms with Gasteiger partial charge >= 0.3 is 6.18 Å². The molecule has 0 spiro atoms. The number of nitrogens with zero attached hydrogens (tertiary/aromatic N) is 2. The number of nitrogens with one attached hydrogen (secondary N) is 2. The van der Waals surface area contributed by atoms with Crippen LogP contribution < -0.4 is 15.4 Å². The van der Waals surface area contributed by atoms with E-state index in [1.54, 1.807) is 12.1 Å². The monoisotopic (exact) mass is 380 g/mol. The molecule has 0 radical (unpaired) electrons. The highest BCUT2D eigenvalue weighted by Gasteiger charge is 2.29. The molecule has 0 aliphatic rings. The highest BCUT2D eigenvalue weighted by Crippen LogP contribution is 2.19. The summed E-state index contributed by atoms with van der Waals surface area (Å²) in [4.78, 5) is 8.39. The maximum absolute atomic E-state index is 12.4. The van der Waals surface area contributed by atoms with Crippen LogP contribution in [0.15, 0.2) is 47.6 Å². The van der Waals surface area contributed by atoms with Crippen molar-refractivity contribution in [3.63, 3.8) is 0 Å². The molecule has 146 valence electrons. The Morgan fingerprint density at radius 1 is 1.19 bits per heavy atom. The molecule has 0 unspecified atom stereocenters. The Labute approximate surface area is 156 Å². The summed E-state index contributed by atoms with van der Waals surface area (Å²) in [6.07, 6.45) is -3.02. The van der Waals surface area contributed by atoms with Crippen molar-refractivity contribution in [2.24, 2.45) is 4.99 Å². The molecular weight excluding hydrogens is 357 g/mol. The van der Waals surface area contributed by atoms with Crippen molar-refractivity contribution in [1.29, 1.82) is 0 Å². The summed E-state index contributed by atoms with van der Waals surface area (Å²) >= 11 is 0. The van der Waals surface area contributed by atoms with Gasteiger partial charge in [0.1, 0.15) is 0 Å².